The molecule has 2 aromatic heterocycles. The van der Waals surface area contributed by atoms with Crippen molar-refractivity contribution in [2.75, 3.05) is 0 Å². The van der Waals surface area contributed by atoms with Crippen LogP contribution in [0.5, 0.6) is 0 Å². The van der Waals surface area contributed by atoms with Crippen molar-refractivity contribution in [3.05, 3.63) is 77.1 Å². The van der Waals surface area contributed by atoms with E-state index < -0.39 is 0 Å². The zero-order chi connectivity index (χ0) is 21.1. The number of thiazole rings is 1. The molecule has 0 bridgehead atoms. The minimum absolute atomic E-state index is 0.109. The van der Waals surface area contributed by atoms with Crippen LogP contribution in [0.1, 0.15) is 47.8 Å². The molecule has 0 aliphatic rings. The topological polar surface area (TPSA) is 68.9 Å². The second kappa shape index (κ2) is 8.32. The van der Waals surface area contributed by atoms with Crippen molar-refractivity contribution in [2.24, 2.45) is 0 Å². The molecule has 2 heterocycles. The zero-order valence-corrected chi connectivity index (χ0v) is 18.1. The van der Waals surface area contributed by atoms with Crippen LogP contribution in [0.4, 0.5) is 0 Å². The first-order valence-electron chi connectivity index (χ1n) is 9.88. The fourth-order valence-electron chi connectivity index (χ4n) is 3.24. The Labute approximate surface area is 179 Å². The molecule has 2 aromatic carbocycles. The molecule has 30 heavy (non-hydrogen) atoms. The van der Waals surface area contributed by atoms with E-state index in [2.05, 4.69) is 41.1 Å². The number of aromatic nitrogens is 3. The molecule has 0 saturated heterocycles. The van der Waals surface area contributed by atoms with Crippen LogP contribution >= 0.6 is 11.3 Å². The summed E-state index contributed by atoms with van der Waals surface area (Å²) >= 11 is 1.69. The van der Waals surface area contributed by atoms with E-state index in [1.165, 1.54) is 4.88 Å². The fraction of sp³-hybridized carbons (Fsp3) is 0.250. The maximum atomic E-state index is 12.9. The van der Waals surface area contributed by atoms with Gasteiger partial charge in [0.15, 0.2) is 5.78 Å². The molecule has 6 heteroatoms. The van der Waals surface area contributed by atoms with Crippen molar-refractivity contribution in [3.8, 4) is 22.0 Å². The van der Waals surface area contributed by atoms with Crippen LogP contribution in [0.2, 0.25) is 0 Å². The van der Waals surface area contributed by atoms with E-state index in [1.807, 2.05) is 48.7 Å². The Morgan fingerprint density at radius 1 is 1.07 bits per heavy atom. The number of carbonyl (C=O) groups is 1. The summed E-state index contributed by atoms with van der Waals surface area (Å²) in [6.07, 6.45) is 3.14. The average Bonchev–Trinajstić information content (AvgIpc) is 3.43. The molecule has 0 saturated carbocycles. The Morgan fingerprint density at radius 3 is 2.57 bits per heavy atom. The SMILES string of the molecule is Cc1nc(-c2cccc(C(=O)CCC(C)(C)c3cnc(-c4ccccc4)s3)c2)no1. The second-order valence-corrected chi connectivity index (χ2v) is 8.95. The minimum Gasteiger partial charge on any atom is -0.339 e. The summed E-state index contributed by atoms with van der Waals surface area (Å²) in [4.78, 5) is 22.9. The van der Waals surface area contributed by atoms with Gasteiger partial charge in [0.25, 0.3) is 0 Å². The largest absolute Gasteiger partial charge is 0.339 e. The molecule has 5 nitrogen and oxygen atoms in total. The quantitative estimate of drug-likeness (QED) is 0.339. The van der Waals surface area contributed by atoms with E-state index in [1.54, 1.807) is 18.3 Å². The van der Waals surface area contributed by atoms with Crippen LogP contribution in [0, 0.1) is 6.92 Å². The van der Waals surface area contributed by atoms with E-state index in [4.69, 9.17) is 4.52 Å². The number of carbonyl (C=O) groups excluding carboxylic acids is 1. The van der Waals surface area contributed by atoms with Crippen LogP contribution < -0.4 is 0 Å². The van der Waals surface area contributed by atoms with Gasteiger partial charge in [0.2, 0.25) is 11.7 Å². The highest BCUT2D eigenvalue weighted by Gasteiger charge is 2.25. The maximum Gasteiger partial charge on any atom is 0.223 e. The van der Waals surface area contributed by atoms with Crippen molar-refractivity contribution < 1.29 is 9.32 Å². The summed E-state index contributed by atoms with van der Waals surface area (Å²) in [6.45, 7) is 6.08. The van der Waals surface area contributed by atoms with E-state index >= 15 is 0 Å². The predicted molar refractivity (Wildman–Crippen MR) is 119 cm³/mol. The standard InChI is InChI=1S/C24H23N3O2S/c1-16-26-22(27-29-16)19-11-7-10-18(14-19)20(28)12-13-24(2,3)21-15-25-23(30-21)17-8-5-4-6-9-17/h4-11,14-15H,12-13H2,1-3H3. The molecule has 0 spiro atoms. The lowest BCUT2D eigenvalue weighted by Crippen LogP contribution is -2.17. The van der Waals surface area contributed by atoms with E-state index in [0.717, 1.165) is 22.6 Å². The van der Waals surface area contributed by atoms with Gasteiger partial charge in [-0.2, -0.15) is 4.98 Å². The third-order valence-corrected chi connectivity index (χ3v) is 6.55. The van der Waals surface area contributed by atoms with Crippen LogP contribution in [0.25, 0.3) is 22.0 Å². The summed E-state index contributed by atoms with van der Waals surface area (Å²) in [5.74, 6) is 1.11. The Morgan fingerprint density at radius 2 is 1.83 bits per heavy atom. The van der Waals surface area contributed by atoms with Crippen molar-refractivity contribution in [1.29, 1.82) is 0 Å². The minimum atomic E-state index is -0.136. The van der Waals surface area contributed by atoms with Crippen molar-refractivity contribution >= 4 is 17.1 Å². The van der Waals surface area contributed by atoms with Gasteiger partial charge in [-0.1, -0.05) is 67.5 Å². The Balaban J connectivity index is 1.45. The van der Waals surface area contributed by atoms with Gasteiger partial charge < -0.3 is 4.52 Å². The molecule has 0 amide bonds. The van der Waals surface area contributed by atoms with Gasteiger partial charge in [0, 0.05) is 46.5 Å². The summed E-state index contributed by atoms with van der Waals surface area (Å²) < 4.78 is 5.04. The molecule has 0 radical (unpaired) electrons. The summed E-state index contributed by atoms with van der Waals surface area (Å²) in [5.41, 5.74) is 2.43. The highest BCUT2D eigenvalue weighted by atomic mass is 32.1. The highest BCUT2D eigenvalue weighted by Crippen LogP contribution is 2.36. The molecule has 0 aliphatic carbocycles. The van der Waals surface area contributed by atoms with Gasteiger partial charge >= 0.3 is 0 Å². The number of nitrogens with zero attached hydrogens (tertiary/aromatic N) is 3. The number of benzene rings is 2. The molecule has 0 N–H and O–H groups in total. The van der Waals surface area contributed by atoms with Gasteiger partial charge in [-0.15, -0.1) is 11.3 Å². The Hall–Kier alpha value is -3.12. The van der Waals surface area contributed by atoms with Gasteiger partial charge in [0.05, 0.1) is 0 Å². The van der Waals surface area contributed by atoms with Crippen LogP contribution in [0.3, 0.4) is 0 Å². The number of aryl methyl sites for hydroxylation is 1. The first-order chi connectivity index (χ1) is 14.4. The van der Waals surface area contributed by atoms with Gasteiger partial charge in [0.1, 0.15) is 5.01 Å². The number of ketones is 1. The number of Topliss-reactive ketones (excluding diaryl/α,β-unsaturated/α-hetero) is 1. The predicted octanol–water partition coefficient (Wildman–Crippen LogP) is 6.11. The lowest BCUT2D eigenvalue weighted by Gasteiger charge is -2.22. The summed E-state index contributed by atoms with van der Waals surface area (Å²) in [7, 11) is 0. The van der Waals surface area contributed by atoms with Crippen LogP contribution in [-0.4, -0.2) is 20.9 Å². The molecule has 4 rings (SSSR count). The average molecular weight is 418 g/mol. The van der Waals surface area contributed by atoms with Crippen molar-refractivity contribution in [1.82, 2.24) is 15.1 Å². The molecule has 0 aliphatic heterocycles. The lowest BCUT2D eigenvalue weighted by molar-refractivity contribution is 0.0972. The van der Waals surface area contributed by atoms with E-state index in [-0.39, 0.29) is 11.2 Å². The molecule has 0 atom stereocenters. The summed E-state index contributed by atoms with van der Waals surface area (Å²) in [6, 6.07) is 17.6. The normalized spacial score (nSPS) is 11.6. The van der Waals surface area contributed by atoms with Gasteiger partial charge in [-0.3, -0.25) is 4.79 Å². The van der Waals surface area contributed by atoms with Gasteiger partial charge in [-0.25, -0.2) is 4.98 Å². The smallest absolute Gasteiger partial charge is 0.223 e. The van der Waals surface area contributed by atoms with Gasteiger partial charge in [-0.05, 0) is 12.5 Å². The zero-order valence-electron chi connectivity index (χ0n) is 17.3. The molecule has 152 valence electrons. The fourth-order valence-corrected chi connectivity index (χ4v) is 4.29. The second-order valence-electron chi connectivity index (χ2n) is 7.92. The van der Waals surface area contributed by atoms with Crippen molar-refractivity contribution in [2.45, 2.75) is 39.0 Å². The first kappa shape index (κ1) is 20.2. The highest BCUT2D eigenvalue weighted by molar-refractivity contribution is 7.15. The molecule has 0 unspecified atom stereocenters. The number of rotatable bonds is 7. The third-order valence-electron chi connectivity index (χ3n) is 5.14. The monoisotopic (exact) mass is 417 g/mol. The molecular weight excluding hydrogens is 394 g/mol. The molecular formula is C24H23N3O2S. The first-order valence-corrected chi connectivity index (χ1v) is 10.7. The molecule has 0 fully saturated rings. The van der Waals surface area contributed by atoms with Crippen molar-refractivity contribution in [3.63, 3.8) is 0 Å². The Kier molecular flexibility index (Phi) is 5.59. The molecule has 4 aromatic rings. The Bertz CT molecular complexity index is 1160. The van der Waals surface area contributed by atoms with E-state index in [0.29, 0.717) is 23.7 Å². The van der Waals surface area contributed by atoms with Crippen LogP contribution in [0.15, 0.2) is 65.3 Å². The maximum absolute atomic E-state index is 12.9. The lowest BCUT2D eigenvalue weighted by atomic mass is 9.85. The number of hydrogen-bond acceptors (Lipinski definition) is 6. The third kappa shape index (κ3) is 4.39. The van der Waals surface area contributed by atoms with Crippen LogP contribution in [-0.2, 0) is 5.41 Å². The number of hydrogen-bond donors (Lipinski definition) is 0. The summed E-state index contributed by atoms with van der Waals surface area (Å²) in [5, 5.41) is 4.94. The van der Waals surface area contributed by atoms with E-state index in [9.17, 15) is 4.79 Å².